The summed E-state index contributed by atoms with van der Waals surface area (Å²) in [5, 5.41) is 16.5. The Morgan fingerprint density at radius 2 is 2.29 bits per heavy atom. The van der Waals surface area contributed by atoms with Gasteiger partial charge in [-0.15, -0.1) is 0 Å². The Morgan fingerprint density at radius 3 is 2.88 bits per heavy atom. The van der Waals surface area contributed by atoms with E-state index in [2.05, 4.69) is 10.4 Å². The number of nitrogens with one attached hydrogen (secondary N) is 1. The van der Waals surface area contributed by atoms with Gasteiger partial charge in [0.2, 0.25) is 0 Å². The fraction of sp³-hybridized carbons (Fsp3) is 0.0909. The second-order valence-electron chi connectivity index (χ2n) is 3.54. The number of rotatable bonds is 2. The summed E-state index contributed by atoms with van der Waals surface area (Å²) < 4.78 is 1.60. The number of hydrogen-bond donors (Lipinski definition) is 2. The van der Waals surface area contributed by atoms with Crippen molar-refractivity contribution in [3.05, 3.63) is 35.0 Å². The molecule has 1 heterocycles. The average molecular weight is 248 g/mol. The van der Waals surface area contributed by atoms with Gasteiger partial charge in [-0.05, 0) is 18.2 Å². The van der Waals surface area contributed by atoms with Crippen LogP contribution >= 0.6 is 11.6 Å². The molecule has 1 aromatic heterocycles. The van der Waals surface area contributed by atoms with Gasteiger partial charge in [-0.2, -0.15) is 10.4 Å². The first-order valence-corrected chi connectivity index (χ1v) is 5.23. The maximum Gasteiger partial charge on any atom is 0.175 e. The minimum Gasteiger partial charge on any atom is -0.394 e. The van der Waals surface area contributed by atoms with Crippen LogP contribution in [0.4, 0.5) is 17.2 Å². The molecule has 0 aliphatic rings. The third-order valence-corrected chi connectivity index (χ3v) is 2.54. The van der Waals surface area contributed by atoms with Gasteiger partial charge in [-0.25, -0.2) is 0 Å². The molecule has 0 saturated carbocycles. The maximum absolute atomic E-state index is 8.81. The maximum atomic E-state index is 8.81. The first-order chi connectivity index (χ1) is 8.10. The van der Waals surface area contributed by atoms with E-state index in [-0.39, 0.29) is 0 Å². The monoisotopic (exact) mass is 247 g/mol. The van der Waals surface area contributed by atoms with Crippen molar-refractivity contribution in [2.24, 2.45) is 7.05 Å². The molecule has 86 valence electrons. The first kappa shape index (κ1) is 11.3. The minimum absolute atomic E-state index is 0.508. The molecule has 0 unspecified atom stereocenters. The number of nitriles is 1. The molecule has 0 saturated heterocycles. The molecular weight excluding hydrogens is 238 g/mol. The topological polar surface area (TPSA) is 79.7 Å². The van der Waals surface area contributed by atoms with E-state index in [9.17, 15) is 0 Å². The van der Waals surface area contributed by atoms with Crippen molar-refractivity contribution >= 4 is 28.8 Å². The van der Waals surface area contributed by atoms with Gasteiger partial charge >= 0.3 is 0 Å². The van der Waals surface area contributed by atoms with Gasteiger partial charge < -0.3 is 11.1 Å². The van der Waals surface area contributed by atoms with Crippen molar-refractivity contribution in [3.63, 3.8) is 0 Å². The Hall–Kier alpha value is -2.19. The predicted octanol–water partition coefficient (Wildman–Crippen LogP) is 2.27. The zero-order valence-electron chi connectivity index (χ0n) is 9.11. The predicted molar refractivity (Wildman–Crippen MR) is 67.1 cm³/mol. The molecule has 1 aromatic carbocycles. The quantitative estimate of drug-likeness (QED) is 0.853. The Labute approximate surface area is 103 Å². The normalized spacial score (nSPS) is 9.94. The molecule has 0 aliphatic heterocycles. The second kappa shape index (κ2) is 4.36. The van der Waals surface area contributed by atoms with E-state index in [0.717, 1.165) is 0 Å². The molecule has 0 aliphatic carbocycles. The number of nitrogen functional groups attached to an aromatic ring is 1. The van der Waals surface area contributed by atoms with Crippen LogP contribution in [0, 0.1) is 11.3 Å². The minimum atomic E-state index is 0.508. The summed E-state index contributed by atoms with van der Waals surface area (Å²) in [6.07, 6.45) is 1.68. The van der Waals surface area contributed by atoms with E-state index in [0.29, 0.717) is 27.8 Å². The molecule has 5 nitrogen and oxygen atoms in total. The van der Waals surface area contributed by atoms with Gasteiger partial charge in [0.25, 0.3) is 0 Å². The zero-order valence-corrected chi connectivity index (χ0v) is 9.86. The van der Waals surface area contributed by atoms with E-state index in [4.69, 9.17) is 22.6 Å². The van der Waals surface area contributed by atoms with Crippen LogP contribution in [0.5, 0.6) is 0 Å². The summed E-state index contributed by atoms with van der Waals surface area (Å²) in [5.74, 6) is 0.518. The molecule has 0 radical (unpaired) electrons. The Morgan fingerprint density at radius 1 is 1.53 bits per heavy atom. The van der Waals surface area contributed by atoms with Gasteiger partial charge in [-0.1, -0.05) is 11.6 Å². The molecule has 6 heteroatoms. The molecule has 0 bridgehead atoms. The largest absolute Gasteiger partial charge is 0.394 e. The Bertz CT molecular complexity index is 596. The lowest BCUT2D eigenvalue weighted by Gasteiger charge is -2.06. The van der Waals surface area contributed by atoms with Crippen molar-refractivity contribution in [2.45, 2.75) is 0 Å². The lowest BCUT2D eigenvalue weighted by atomic mass is 10.2. The van der Waals surface area contributed by atoms with Gasteiger partial charge in [0, 0.05) is 13.2 Å². The number of nitrogens with two attached hydrogens (primary N) is 1. The van der Waals surface area contributed by atoms with E-state index in [1.807, 2.05) is 6.07 Å². The Kier molecular flexibility index (Phi) is 2.90. The van der Waals surface area contributed by atoms with Crippen LogP contribution in [0.3, 0.4) is 0 Å². The lowest BCUT2D eigenvalue weighted by Crippen LogP contribution is -1.97. The number of benzene rings is 1. The van der Waals surface area contributed by atoms with Crippen LogP contribution in [-0.2, 0) is 7.05 Å². The van der Waals surface area contributed by atoms with Crippen molar-refractivity contribution in [1.29, 1.82) is 5.26 Å². The number of hydrogen-bond acceptors (Lipinski definition) is 4. The summed E-state index contributed by atoms with van der Waals surface area (Å²) in [4.78, 5) is 0. The second-order valence-corrected chi connectivity index (χ2v) is 3.95. The number of aryl methyl sites for hydroxylation is 1. The zero-order chi connectivity index (χ0) is 12.4. The summed E-state index contributed by atoms with van der Waals surface area (Å²) >= 11 is 6.01. The molecule has 0 atom stereocenters. The van der Waals surface area contributed by atoms with Crippen molar-refractivity contribution in [2.75, 3.05) is 11.1 Å². The fourth-order valence-electron chi connectivity index (χ4n) is 1.42. The van der Waals surface area contributed by atoms with Gasteiger partial charge in [0.05, 0.1) is 28.0 Å². The van der Waals surface area contributed by atoms with Crippen molar-refractivity contribution in [1.82, 2.24) is 9.78 Å². The van der Waals surface area contributed by atoms with Crippen molar-refractivity contribution in [3.8, 4) is 6.07 Å². The van der Waals surface area contributed by atoms with Crippen LogP contribution in [0.1, 0.15) is 5.56 Å². The molecule has 2 aromatic rings. The number of anilines is 3. The summed E-state index contributed by atoms with van der Waals surface area (Å²) in [7, 11) is 1.77. The highest BCUT2D eigenvalue weighted by atomic mass is 35.5. The van der Waals surface area contributed by atoms with E-state index in [1.165, 1.54) is 0 Å². The summed E-state index contributed by atoms with van der Waals surface area (Å²) in [5.41, 5.74) is 7.40. The fourth-order valence-corrected chi connectivity index (χ4v) is 1.59. The Balaban J connectivity index is 2.36. The van der Waals surface area contributed by atoms with Crippen LogP contribution in [0.25, 0.3) is 0 Å². The first-order valence-electron chi connectivity index (χ1n) is 4.86. The van der Waals surface area contributed by atoms with Gasteiger partial charge in [0.1, 0.15) is 0 Å². The van der Waals surface area contributed by atoms with Crippen LogP contribution in [0.2, 0.25) is 5.02 Å². The molecule has 0 amide bonds. The third-order valence-electron chi connectivity index (χ3n) is 2.21. The highest BCUT2D eigenvalue weighted by Crippen LogP contribution is 2.27. The summed E-state index contributed by atoms with van der Waals surface area (Å²) in [6, 6.07) is 7.00. The van der Waals surface area contributed by atoms with Crippen molar-refractivity contribution < 1.29 is 0 Å². The molecular formula is C11H10ClN5. The SMILES string of the molecule is Cn1cc(N)c(Nc2cc(C#N)ccc2Cl)n1. The lowest BCUT2D eigenvalue weighted by molar-refractivity contribution is 0.771. The molecule has 0 fully saturated rings. The standard InChI is InChI=1S/C11H10ClN5/c1-17-6-9(14)11(16-17)15-10-4-7(5-13)2-3-8(10)12/h2-4,6H,14H2,1H3,(H,15,16). The number of nitrogens with zero attached hydrogens (tertiary/aromatic N) is 3. The highest BCUT2D eigenvalue weighted by Gasteiger charge is 2.07. The highest BCUT2D eigenvalue weighted by molar-refractivity contribution is 6.33. The van der Waals surface area contributed by atoms with E-state index < -0.39 is 0 Å². The third kappa shape index (κ3) is 2.32. The van der Waals surface area contributed by atoms with E-state index in [1.54, 1.807) is 36.1 Å². The molecule has 0 spiro atoms. The number of halogens is 1. The van der Waals surface area contributed by atoms with E-state index >= 15 is 0 Å². The molecule has 3 N–H and O–H groups in total. The molecule has 17 heavy (non-hydrogen) atoms. The van der Waals surface area contributed by atoms with Crippen LogP contribution < -0.4 is 11.1 Å². The van der Waals surface area contributed by atoms with Gasteiger partial charge in [0.15, 0.2) is 5.82 Å². The van der Waals surface area contributed by atoms with Crippen LogP contribution in [0.15, 0.2) is 24.4 Å². The molecule has 2 rings (SSSR count). The van der Waals surface area contributed by atoms with Gasteiger partial charge in [-0.3, -0.25) is 4.68 Å². The smallest absolute Gasteiger partial charge is 0.175 e. The number of aromatic nitrogens is 2. The average Bonchev–Trinajstić information content (AvgIpc) is 2.60. The summed E-state index contributed by atoms with van der Waals surface area (Å²) in [6.45, 7) is 0. The van der Waals surface area contributed by atoms with Crippen LogP contribution in [-0.4, -0.2) is 9.78 Å².